The fraction of sp³-hybridized carbons (Fsp3) is 0.278. The number of amides is 2. The summed E-state index contributed by atoms with van der Waals surface area (Å²) in [6.07, 6.45) is 0. The highest BCUT2D eigenvalue weighted by Crippen LogP contribution is 2.17. The summed E-state index contributed by atoms with van der Waals surface area (Å²) in [6.45, 7) is 5.17. The normalized spacial score (nSPS) is 10.0. The number of carbonyl (C=O) groups excluding carboxylic acids is 1. The molecular formula is C18H22N2O3. The first-order valence-electron chi connectivity index (χ1n) is 7.61. The van der Waals surface area contributed by atoms with Gasteiger partial charge in [0.05, 0.1) is 6.61 Å². The average molecular weight is 314 g/mol. The number of hydrogen-bond acceptors (Lipinski definition) is 3. The summed E-state index contributed by atoms with van der Waals surface area (Å²) in [5.41, 5.74) is 2.24. The molecule has 2 amide bonds. The standard InChI is InChI=1S/C18H22N2O3/c1-3-22-16-8-10-17(11-9-16)23-13-20-18(21)19-12-15-7-5-4-6-14(15)2/h4-11H,3,12-13H2,1-2H3,(H2,19,20,21). The van der Waals surface area contributed by atoms with E-state index >= 15 is 0 Å². The van der Waals surface area contributed by atoms with Crippen LogP contribution in [0.2, 0.25) is 0 Å². The molecule has 2 aromatic carbocycles. The van der Waals surface area contributed by atoms with Gasteiger partial charge in [0, 0.05) is 6.54 Å². The maximum Gasteiger partial charge on any atom is 0.317 e. The van der Waals surface area contributed by atoms with Gasteiger partial charge < -0.3 is 20.1 Å². The van der Waals surface area contributed by atoms with Gasteiger partial charge >= 0.3 is 6.03 Å². The van der Waals surface area contributed by atoms with Gasteiger partial charge in [0.15, 0.2) is 6.73 Å². The molecule has 0 spiro atoms. The minimum absolute atomic E-state index is 0.105. The third-order valence-electron chi connectivity index (χ3n) is 3.31. The second-order valence-electron chi connectivity index (χ2n) is 4.98. The molecule has 0 atom stereocenters. The van der Waals surface area contributed by atoms with Crippen LogP contribution in [0.4, 0.5) is 4.79 Å². The molecular weight excluding hydrogens is 292 g/mol. The van der Waals surface area contributed by atoms with Crippen molar-refractivity contribution in [2.45, 2.75) is 20.4 Å². The zero-order chi connectivity index (χ0) is 16.5. The molecule has 0 aliphatic heterocycles. The first kappa shape index (κ1) is 16.7. The predicted octanol–water partition coefficient (Wildman–Crippen LogP) is 3.23. The van der Waals surface area contributed by atoms with Crippen molar-refractivity contribution in [3.63, 3.8) is 0 Å². The van der Waals surface area contributed by atoms with Crippen LogP contribution < -0.4 is 20.1 Å². The summed E-state index contributed by atoms with van der Waals surface area (Å²) >= 11 is 0. The van der Waals surface area contributed by atoms with E-state index in [1.165, 1.54) is 0 Å². The van der Waals surface area contributed by atoms with Crippen molar-refractivity contribution in [1.82, 2.24) is 10.6 Å². The molecule has 0 saturated carbocycles. The van der Waals surface area contributed by atoms with Crippen molar-refractivity contribution in [2.24, 2.45) is 0 Å². The van der Waals surface area contributed by atoms with Crippen LogP contribution in [0.5, 0.6) is 11.5 Å². The Morgan fingerprint density at radius 3 is 2.26 bits per heavy atom. The van der Waals surface area contributed by atoms with Gasteiger partial charge in [-0.05, 0) is 49.2 Å². The lowest BCUT2D eigenvalue weighted by molar-refractivity contribution is 0.223. The molecule has 5 nitrogen and oxygen atoms in total. The van der Waals surface area contributed by atoms with Gasteiger partial charge in [-0.25, -0.2) is 4.79 Å². The monoisotopic (exact) mass is 314 g/mol. The summed E-state index contributed by atoms with van der Waals surface area (Å²) < 4.78 is 10.8. The Morgan fingerprint density at radius 1 is 0.957 bits per heavy atom. The fourth-order valence-electron chi connectivity index (χ4n) is 2.03. The Bertz CT molecular complexity index is 626. The largest absolute Gasteiger partial charge is 0.494 e. The number of rotatable bonds is 7. The summed E-state index contributed by atoms with van der Waals surface area (Å²) in [5, 5.41) is 5.46. The Hall–Kier alpha value is -2.69. The van der Waals surface area contributed by atoms with Crippen LogP contribution in [0, 0.1) is 6.92 Å². The molecule has 5 heteroatoms. The van der Waals surface area contributed by atoms with Crippen LogP contribution >= 0.6 is 0 Å². The van der Waals surface area contributed by atoms with Crippen molar-refractivity contribution in [2.75, 3.05) is 13.3 Å². The number of carbonyl (C=O) groups is 1. The van der Waals surface area contributed by atoms with Crippen LogP contribution in [0.15, 0.2) is 48.5 Å². The van der Waals surface area contributed by atoms with E-state index < -0.39 is 0 Å². The van der Waals surface area contributed by atoms with Gasteiger partial charge in [-0.3, -0.25) is 0 Å². The summed E-state index contributed by atoms with van der Waals surface area (Å²) in [5.74, 6) is 1.47. The number of hydrogen-bond donors (Lipinski definition) is 2. The van der Waals surface area contributed by atoms with Crippen molar-refractivity contribution < 1.29 is 14.3 Å². The molecule has 2 rings (SSSR count). The molecule has 122 valence electrons. The van der Waals surface area contributed by atoms with Crippen molar-refractivity contribution >= 4 is 6.03 Å². The number of nitrogens with one attached hydrogen (secondary N) is 2. The van der Waals surface area contributed by atoms with Crippen LogP contribution in [0.3, 0.4) is 0 Å². The third kappa shape index (κ3) is 5.54. The van der Waals surface area contributed by atoms with Crippen LogP contribution in [0.25, 0.3) is 0 Å². The van der Waals surface area contributed by atoms with Gasteiger partial charge in [-0.15, -0.1) is 0 Å². The third-order valence-corrected chi connectivity index (χ3v) is 3.31. The lowest BCUT2D eigenvalue weighted by atomic mass is 10.1. The number of urea groups is 1. The van der Waals surface area contributed by atoms with E-state index in [0.717, 1.165) is 16.9 Å². The maximum absolute atomic E-state index is 11.7. The highest BCUT2D eigenvalue weighted by atomic mass is 16.5. The average Bonchev–Trinajstić information content (AvgIpc) is 2.56. The van der Waals surface area contributed by atoms with Crippen molar-refractivity contribution in [1.29, 1.82) is 0 Å². The highest BCUT2D eigenvalue weighted by Gasteiger charge is 2.02. The molecule has 0 aromatic heterocycles. The fourth-order valence-corrected chi connectivity index (χ4v) is 2.03. The van der Waals surface area contributed by atoms with E-state index in [4.69, 9.17) is 9.47 Å². The minimum Gasteiger partial charge on any atom is -0.494 e. The number of aryl methyl sites for hydroxylation is 1. The van der Waals surface area contributed by atoms with Crippen LogP contribution in [0.1, 0.15) is 18.1 Å². The Morgan fingerprint density at radius 2 is 1.61 bits per heavy atom. The van der Waals surface area contributed by atoms with Gasteiger partial charge in [0.2, 0.25) is 0 Å². The molecule has 0 radical (unpaired) electrons. The smallest absolute Gasteiger partial charge is 0.317 e. The van der Waals surface area contributed by atoms with Gasteiger partial charge in [0.25, 0.3) is 0 Å². The molecule has 0 heterocycles. The summed E-state index contributed by atoms with van der Waals surface area (Å²) in [6, 6.07) is 14.9. The van der Waals surface area contributed by atoms with Gasteiger partial charge in [-0.2, -0.15) is 0 Å². The van der Waals surface area contributed by atoms with E-state index in [0.29, 0.717) is 18.9 Å². The topological polar surface area (TPSA) is 59.6 Å². The molecule has 0 bridgehead atoms. The Balaban J connectivity index is 1.69. The molecule has 0 saturated heterocycles. The minimum atomic E-state index is -0.265. The number of benzene rings is 2. The molecule has 0 aliphatic carbocycles. The predicted molar refractivity (Wildman–Crippen MR) is 89.7 cm³/mol. The van der Waals surface area contributed by atoms with E-state index in [1.807, 2.05) is 50.2 Å². The van der Waals surface area contributed by atoms with E-state index in [9.17, 15) is 4.79 Å². The quantitative estimate of drug-likeness (QED) is 0.771. The molecule has 23 heavy (non-hydrogen) atoms. The zero-order valence-corrected chi connectivity index (χ0v) is 13.5. The van der Waals surface area contributed by atoms with Crippen LogP contribution in [-0.2, 0) is 6.54 Å². The lowest BCUT2D eigenvalue weighted by Crippen LogP contribution is -2.37. The zero-order valence-electron chi connectivity index (χ0n) is 13.5. The highest BCUT2D eigenvalue weighted by molar-refractivity contribution is 5.73. The number of ether oxygens (including phenoxy) is 2. The van der Waals surface area contributed by atoms with E-state index in [2.05, 4.69) is 10.6 Å². The van der Waals surface area contributed by atoms with Gasteiger partial charge in [-0.1, -0.05) is 24.3 Å². The Kier molecular flexibility index (Phi) is 6.29. The lowest BCUT2D eigenvalue weighted by Gasteiger charge is -2.11. The summed E-state index contributed by atoms with van der Waals surface area (Å²) in [7, 11) is 0. The Labute approximate surface area is 136 Å². The van der Waals surface area contributed by atoms with Gasteiger partial charge in [0.1, 0.15) is 11.5 Å². The van der Waals surface area contributed by atoms with Crippen molar-refractivity contribution in [3.8, 4) is 11.5 Å². The van der Waals surface area contributed by atoms with E-state index in [1.54, 1.807) is 12.1 Å². The molecule has 0 aliphatic rings. The van der Waals surface area contributed by atoms with Crippen LogP contribution in [-0.4, -0.2) is 19.4 Å². The maximum atomic E-state index is 11.7. The molecule has 2 N–H and O–H groups in total. The second kappa shape index (κ2) is 8.68. The second-order valence-corrected chi connectivity index (χ2v) is 4.98. The summed E-state index contributed by atoms with van der Waals surface area (Å²) in [4.78, 5) is 11.7. The van der Waals surface area contributed by atoms with E-state index in [-0.39, 0.29) is 12.8 Å². The molecule has 2 aromatic rings. The molecule has 0 unspecified atom stereocenters. The SMILES string of the molecule is CCOc1ccc(OCNC(=O)NCc2ccccc2C)cc1. The molecule has 0 fully saturated rings. The van der Waals surface area contributed by atoms with Crippen molar-refractivity contribution in [3.05, 3.63) is 59.7 Å². The first-order valence-corrected chi connectivity index (χ1v) is 7.61. The first-order chi connectivity index (χ1) is 11.2.